The van der Waals surface area contributed by atoms with Crippen molar-refractivity contribution in [3.05, 3.63) is 48.4 Å². The van der Waals surface area contributed by atoms with Crippen LogP contribution >= 0.6 is 0 Å². The first kappa shape index (κ1) is 14.5. The zero-order valence-corrected chi connectivity index (χ0v) is 12.4. The Balaban J connectivity index is 1.74. The largest absolute Gasteiger partial charge is 0.453 e. The molecule has 0 unspecified atom stereocenters. The van der Waals surface area contributed by atoms with Gasteiger partial charge in [-0.3, -0.25) is 0 Å². The molecule has 0 bridgehead atoms. The number of rotatable bonds is 2. The molecule has 24 heavy (non-hydrogen) atoms. The maximum absolute atomic E-state index is 12.9. The van der Waals surface area contributed by atoms with E-state index in [1.165, 1.54) is 6.07 Å². The molecule has 0 aliphatic carbocycles. The molecule has 1 aromatic carbocycles. The number of alkyl halides is 3. The van der Waals surface area contributed by atoms with Crippen molar-refractivity contribution >= 4 is 28.1 Å². The second kappa shape index (κ2) is 4.95. The molecule has 122 valence electrons. The number of anilines is 2. The minimum absolute atomic E-state index is 0.0331. The lowest BCUT2D eigenvalue weighted by Crippen LogP contribution is -2.13. The van der Waals surface area contributed by atoms with Gasteiger partial charge >= 0.3 is 6.18 Å². The first-order valence-corrected chi connectivity index (χ1v) is 7.03. The van der Waals surface area contributed by atoms with E-state index in [9.17, 15) is 13.2 Å². The normalized spacial score (nSPS) is 12.2. The molecule has 0 atom stereocenters. The average molecular weight is 332 g/mol. The van der Waals surface area contributed by atoms with Crippen molar-refractivity contribution in [2.45, 2.75) is 6.18 Å². The molecule has 0 amide bonds. The van der Waals surface area contributed by atoms with E-state index >= 15 is 0 Å². The van der Waals surface area contributed by atoms with Crippen LogP contribution in [0.4, 0.5) is 24.7 Å². The standard InChI is InChI=1S/C15H11F3N6/c1-23-7-6-9-2-3-10(8-11(9)23)19-12-4-5-13-20-21-14(15(16,17)18)24(13)22-12/h2-8H,1H3,(H,19,22). The average Bonchev–Trinajstić information content (AvgIpc) is 3.11. The molecule has 4 aromatic rings. The van der Waals surface area contributed by atoms with Crippen LogP contribution in [0.25, 0.3) is 16.6 Å². The lowest BCUT2D eigenvalue weighted by atomic mass is 10.2. The summed E-state index contributed by atoms with van der Waals surface area (Å²) in [5.74, 6) is -0.889. The van der Waals surface area contributed by atoms with Crippen molar-refractivity contribution < 1.29 is 13.2 Å². The van der Waals surface area contributed by atoms with Gasteiger partial charge in [-0.2, -0.15) is 17.7 Å². The summed E-state index contributed by atoms with van der Waals surface area (Å²) in [4.78, 5) is 0. The van der Waals surface area contributed by atoms with Gasteiger partial charge in [-0.05, 0) is 35.7 Å². The third kappa shape index (κ3) is 2.34. The number of halogens is 3. The maximum atomic E-state index is 12.9. The van der Waals surface area contributed by atoms with E-state index in [1.54, 1.807) is 6.07 Å². The van der Waals surface area contributed by atoms with Crippen LogP contribution in [0.1, 0.15) is 5.82 Å². The van der Waals surface area contributed by atoms with E-state index in [0.717, 1.165) is 16.6 Å². The molecular weight excluding hydrogens is 321 g/mol. The summed E-state index contributed by atoms with van der Waals surface area (Å²) in [6, 6.07) is 10.6. The van der Waals surface area contributed by atoms with Gasteiger partial charge < -0.3 is 9.88 Å². The molecule has 0 saturated heterocycles. The van der Waals surface area contributed by atoms with Gasteiger partial charge in [0.2, 0.25) is 0 Å². The number of aryl methyl sites for hydroxylation is 1. The van der Waals surface area contributed by atoms with Gasteiger partial charge in [0.1, 0.15) is 0 Å². The molecule has 0 saturated carbocycles. The van der Waals surface area contributed by atoms with E-state index in [1.807, 2.05) is 42.1 Å². The fraction of sp³-hybridized carbons (Fsp3) is 0.133. The van der Waals surface area contributed by atoms with E-state index in [2.05, 4.69) is 20.6 Å². The van der Waals surface area contributed by atoms with Gasteiger partial charge in [-0.25, -0.2) is 0 Å². The molecule has 1 N–H and O–H groups in total. The minimum atomic E-state index is -4.62. The highest BCUT2D eigenvalue weighted by Crippen LogP contribution is 2.28. The maximum Gasteiger partial charge on any atom is 0.453 e. The Morgan fingerprint density at radius 1 is 1.04 bits per heavy atom. The first-order chi connectivity index (χ1) is 11.4. The summed E-state index contributed by atoms with van der Waals surface area (Å²) >= 11 is 0. The number of nitrogens with zero attached hydrogens (tertiary/aromatic N) is 5. The summed E-state index contributed by atoms with van der Waals surface area (Å²) in [7, 11) is 1.92. The van der Waals surface area contributed by atoms with Crippen LogP contribution in [0.3, 0.4) is 0 Å². The fourth-order valence-corrected chi connectivity index (χ4v) is 2.52. The zero-order chi connectivity index (χ0) is 16.9. The van der Waals surface area contributed by atoms with Gasteiger partial charge in [0.05, 0.1) is 0 Å². The van der Waals surface area contributed by atoms with E-state index < -0.39 is 12.0 Å². The minimum Gasteiger partial charge on any atom is -0.350 e. The summed E-state index contributed by atoms with van der Waals surface area (Å²) < 4.78 is 41.4. The van der Waals surface area contributed by atoms with Crippen LogP contribution in [0, 0.1) is 0 Å². The monoisotopic (exact) mass is 332 g/mol. The van der Waals surface area contributed by atoms with Crippen molar-refractivity contribution in [3.8, 4) is 0 Å². The Morgan fingerprint density at radius 2 is 1.88 bits per heavy atom. The molecule has 0 fully saturated rings. The van der Waals surface area contributed by atoms with Gasteiger partial charge in [0.25, 0.3) is 5.82 Å². The van der Waals surface area contributed by atoms with Crippen LogP contribution in [0.15, 0.2) is 42.6 Å². The summed E-state index contributed by atoms with van der Waals surface area (Å²) in [6.07, 6.45) is -2.68. The summed E-state index contributed by atoms with van der Waals surface area (Å²) in [5.41, 5.74) is 1.75. The van der Waals surface area contributed by atoms with Crippen LogP contribution in [0.5, 0.6) is 0 Å². The molecule has 3 aromatic heterocycles. The van der Waals surface area contributed by atoms with Crippen LogP contribution < -0.4 is 5.32 Å². The molecular formula is C15H11F3N6. The number of aromatic nitrogens is 5. The van der Waals surface area contributed by atoms with Crippen molar-refractivity contribution in [2.24, 2.45) is 7.05 Å². The van der Waals surface area contributed by atoms with Crippen molar-refractivity contribution in [1.82, 2.24) is 24.4 Å². The molecule has 3 heterocycles. The zero-order valence-electron chi connectivity index (χ0n) is 12.4. The van der Waals surface area contributed by atoms with E-state index in [-0.39, 0.29) is 11.5 Å². The summed E-state index contributed by atoms with van der Waals surface area (Å²) in [5, 5.41) is 14.7. The molecule has 0 aliphatic heterocycles. The Bertz CT molecular complexity index is 1050. The van der Waals surface area contributed by atoms with Crippen molar-refractivity contribution in [2.75, 3.05) is 5.32 Å². The fourth-order valence-electron chi connectivity index (χ4n) is 2.52. The quantitative estimate of drug-likeness (QED) is 0.611. The van der Waals surface area contributed by atoms with Crippen LogP contribution in [-0.4, -0.2) is 24.4 Å². The van der Waals surface area contributed by atoms with E-state index in [0.29, 0.717) is 4.52 Å². The second-order valence-corrected chi connectivity index (χ2v) is 5.34. The van der Waals surface area contributed by atoms with E-state index in [4.69, 9.17) is 0 Å². The lowest BCUT2D eigenvalue weighted by molar-refractivity contribution is -0.146. The Labute approximate surface area is 133 Å². The Hall–Kier alpha value is -3.10. The van der Waals surface area contributed by atoms with Gasteiger partial charge in [-0.15, -0.1) is 15.3 Å². The van der Waals surface area contributed by atoms with Gasteiger partial charge in [0.15, 0.2) is 11.5 Å². The highest BCUT2D eigenvalue weighted by Gasteiger charge is 2.37. The Kier molecular flexibility index (Phi) is 2.99. The molecule has 0 aliphatic rings. The highest BCUT2D eigenvalue weighted by atomic mass is 19.4. The Morgan fingerprint density at radius 3 is 2.67 bits per heavy atom. The first-order valence-electron chi connectivity index (χ1n) is 7.03. The van der Waals surface area contributed by atoms with Gasteiger partial charge in [-0.1, -0.05) is 6.07 Å². The van der Waals surface area contributed by atoms with Crippen molar-refractivity contribution in [3.63, 3.8) is 0 Å². The molecule has 9 heteroatoms. The third-order valence-corrected chi connectivity index (χ3v) is 3.68. The topological polar surface area (TPSA) is 60.0 Å². The number of fused-ring (bicyclic) bond motifs is 2. The SMILES string of the molecule is Cn1ccc2ccc(Nc3ccc4nnc(C(F)(F)F)n4n3)cc21. The smallest absolute Gasteiger partial charge is 0.350 e. The van der Waals surface area contributed by atoms with Crippen LogP contribution in [0.2, 0.25) is 0 Å². The lowest BCUT2D eigenvalue weighted by Gasteiger charge is -2.08. The number of hydrogen-bond acceptors (Lipinski definition) is 4. The number of hydrogen-bond donors (Lipinski definition) is 1. The predicted molar refractivity (Wildman–Crippen MR) is 82.0 cm³/mol. The molecule has 0 spiro atoms. The highest BCUT2D eigenvalue weighted by molar-refractivity contribution is 5.84. The predicted octanol–water partition coefficient (Wildman–Crippen LogP) is 3.38. The van der Waals surface area contributed by atoms with Crippen LogP contribution in [-0.2, 0) is 13.2 Å². The number of nitrogens with one attached hydrogen (secondary N) is 1. The van der Waals surface area contributed by atoms with Crippen molar-refractivity contribution in [1.29, 1.82) is 0 Å². The summed E-state index contributed by atoms with van der Waals surface area (Å²) in [6.45, 7) is 0. The molecule has 4 rings (SSSR count). The molecule has 0 radical (unpaired) electrons. The van der Waals surface area contributed by atoms with Gasteiger partial charge in [0, 0.05) is 24.4 Å². The number of benzene rings is 1. The molecule has 6 nitrogen and oxygen atoms in total. The third-order valence-electron chi connectivity index (χ3n) is 3.68. The second-order valence-electron chi connectivity index (χ2n) is 5.34.